The molecular formula is C61H60Br4N8NaO4PtSSi-3. The Labute approximate surface area is 546 Å². The van der Waals surface area contributed by atoms with Gasteiger partial charge in [-0.2, -0.15) is 4.33 Å². The number of hydrogen-bond acceptors (Lipinski definition) is 10. The molecule has 12 nitrogen and oxygen atoms in total. The van der Waals surface area contributed by atoms with E-state index in [0.717, 1.165) is 105 Å². The van der Waals surface area contributed by atoms with Crippen LogP contribution in [0.5, 0.6) is 0 Å². The predicted molar refractivity (Wildman–Crippen MR) is 350 cm³/mol. The second-order valence-electron chi connectivity index (χ2n) is 18.0. The number of halogens is 4. The van der Waals surface area contributed by atoms with E-state index in [1.54, 1.807) is 0 Å². The summed E-state index contributed by atoms with van der Waals surface area (Å²) >= 11 is 11.8. The first-order chi connectivity index (χ1) is 38.3. The van der Waals surface area contributed by atoms with Crippen LogP contribution < -0.4 is 44.8 Å². The average molecular weight is 1570 g/mol. The Morgan fingerprint density at radius 2 is 0.716 bits per heavy atom. The zero-order valence-corrected chi connectivity index (χ0v) is 59.1. The Bertz CT molecular complexity index is 3610. The van der Waals surface area contributed by atoms with Crippen LogP contribution in [-0.2, 0) is 30.4 Å². The molecule has 20 heteroatoms. The van der Waals surface area contributed by atoms with Gasteiger partial charge in [0.2, 0.25) is 8.91 Å². The minimum atomic E-state index is -1.55. The Kier molecular flexibility index (Phi) is 27.2. The molecule has 3 aromatic heterocycles. The van der Waals surface area contributed by atoms with Crippen LogP contribution in [0.2, 0.25) is 0 Å². The molecular weight excluding hydrogens is 1510 g/mol. The van der Waals surface area contributed by atoms with Gasteiger partial charge >= 0.3 is 29.6 Å². The van der Waals surface area contributed by atoms with Gasteiger partial charge in [-0.3, -0.25) is 5.04 Å². The molecule has 2 aliphatic heterocycles. The molecule has 420 valence electrons. The Balaban J connectivity index is 0.000000420. The normalized spacial score (nSPS) is 12.0. The number of aromatic nitrogens is 8. The van der Waals surface area contributed by atoms with Gasteiger partial charge in [-0.1, -0.05) is 203 Å². The fourth-order valence-corrected chi connectivity index (χ4v) is 12.0. The van der Waals surface area contributed by atoms with Gasteiger partial charge in [0.15, 0.2) is 0 Å². The Morgan fingerprint density at radius 1 is 0.457 bits per heavy atom. The van der Waals surface area contributed by atoms with Gasteiger partial charge in [0.25, 0.3) is 0 Å². The van der Waals surface area contributed by atoms with Crippen molar-refractivity contribution in [1.82, 2.24) is 39.9 Å². The zero-order valence-electron chi connectivity index (χ0n) is 46.3. The molecule has 2 aliphatic rings. The van der Waals surface area contributed by atoms with Crippen molar-refractivity contribution in [2.45, 2.75) is 39.0 Å². The average Bonchev–Trinajstić information content (AvgIpc) is 4.44. The van der Waals surface area contributed by atoms with Crippen molar-refractivity contribution in [3.8, 4) is 45.6 Å². The molecule has 5 heterocycles. The number of benzene rings is 8. The number of unbranched alkanes of at least 4 members (excludes halogenated alkanes) is 4. The number of alkyl halides is 4. The van der Waals surface area contributed by atoms with E-state index >= 15 is 0 Å². The molecule has 13 rings (SSSR count). The van der Waals surface area contributed by atoms with Crippen LogP contribution in [0, 0.1) is 7.43 Å². The van der Waals surface area contributed by atoms with E-state index < -0.39 is 18.7 Å². The second-order valence-corrected chi connectivity index (χ2v) is 25.6. The Morgan fingerprint density at radius 3 is 0.963 bits per heavy atom. The smallest absolute Gasteiger partial charge is 0.691 e. The number of rotatable bonds is 9. The number of hydrogen-bond donors (Lipinski definition) is 1. The summed E-state index contributed by atoms with van der Waals surface area (Å²) in [7, 11) is -2.84. The molecule has 1 atom stereocenters. The molecule has 0 saturated carbocycles. The van der Waals surface area contributed by atoms with Gasteiger partial charge < -0.3 is 47.4 Å². The molecule has 1 N–H and O–H groups in total. The minimum absolute atomic E-state index is 0. The number of fused-ring (bicyclic) bond motifs is 24. The van der Waals surface area contributed by atoms with Gasteiger partial charge in [0, 0.05) is 65.9 Å². The molecule has 1 unspecified atom stereocenters. The van der Waals surface area contributed by atoms with Crippen molar-refractivity contribution in [1.29, 1.82) is 0 Å². The van der Waals surface area contributed by atoms with Crippen LogP contribution in [0.3, 0.4) is 0 Å². The summed E-state index contributed by atoms with van der Waals surface area (Å²) in [6, 6.07) is 50.4. The molecule has 0 amide bonds. The van der Waals surface area contributed by atoms with Crippen molar-refractivity contribution < 1.29 is 70.0 Å². The van der Waals surface area contributed by atoms with E-state index in [0.29, 0.717) is 45.9 Å². The summed E-state index contributed by atoms with van der Waals surface area (Å²) in [6.45, 7) is 2.17. The minimum Gasteiger partial charge on any atom is -0.691 e. The molecule has 0 fully saturated rings. The van der Waals surface area contributed by atoms with Crippen LogP contribution in [0.15, 0.2) is 146 Å². The fourth-order valence-electron chi connectivity index (χ4n) is 9.61. The third kappa shape index (κ3) is 15.0. The molecule has 0 aliphatic carbocycles. The summed E-state index contributed by atoms with van der Waals surface area (Å²) < 4.78 is 4.62. The fraction of sp³-hybridized carbons (Fsp3) is 0.197. The predicted octanol–water partition coefficient (Wildman–Crippen LogP) is 12.8. The topological polar surface area (TPSA) is 167 Å². The van der Waals surface area contributed by atoms with Gasteiger partial charge in [0.05, 0.1) is 23.3 Å². The quantitative estimate of drug-likeness (QED) is 0.0363. The summed E-state index contributed by atoms with van der Waals surface area (Å²) in [5, 5.41) is 25.5. The molecule has 8 aromatic carbocycles. The van der Waals surface area contributed by atoms with E-state index in [1.807, 2.05) is 78.1 Å². The van der Waals surface area contributed by atoms with Crippen molar-refractivity contribution in [2.75, 3.05) is 35.3 Å². The van der Waals surface area contributed by atoms with E-state index in [4.69, 9.17) is 44.7 Å². The van der Waals surface area contributed by atoms with E-state index in [2.05, 4.69) is 177 Å². The van der Waals surface area contributed by atoms with Gasteiger partial charge in [-0.15, -0.1) is 0 Å². The van der Waals surface area contributed by atoms with Crippen molar-refractivity contribution in [3.63, 3.8) is 0 Å². The molecule has 11 aromatic rings. The maximum absolute atomic E-state index is 9.85. The summed E-state index contributed by atoms with van der Waals surface area (Å²) in [5.74, 6) is 10.2. The first kappa shape index (κ1) is 68.0. The SMILES string of the molecule is CBr.CBr.CBr.CBr.CCCCCCCS(C)(OO[O-])[SiH2]O.[CH3-].[Na+].[Pt].c1ccc2cc3c(cc2c1)-c1nc-3nc2[n-]c(nc3nc(nc4[n-]c(n1)c1cc5ccccc5cc41)-c1cc4ccccc4cc1-3)c1cc3ccccc3cc21. The molecule has 0 radical (unpaired) electrons. The molecule has 8 bridgehead atoms. The van der Waals surface area contributed by atoms with Gasteiger partial charge in [0.1, 0.15) is 0 Å². The van der Waals surface area contributed by atoms with E-state index in [-0.39, 0.29) is 58.0 Å². The maximum atomic E-state index is 9.85. The second kappa shape index (κ2) is 32.5. The van der Waals surface area contributed by atoms with E-state index in [9.17, 15) is 5.26 Å². The summed E-state index contributed by atoms with van der Waals surface area (Å²) in [4.78, 5) is 50.7. The monoisotopic (exact) mass is 1560 g/mol. The molecule has 81 heavy (non-hydrogen) atoms. The van der Waals surface area contributed by atoms with Gasteiger partial charge in [-0.05, 0) is 155 Å². The molecule has 0 spiro atoms. The third-order valence-corrected chi connectivity index (χ3v) is 18.2. The Hall–Kier alpha value is -3.82. The van der Waals surface area contributed by atoms with Crippen LogP contribution in [0.1, 0.15) is 39.0 Å². The third-order valence-electron chi connectivity index (χ3n) is 13.3. The van der Waals surface area contributed by atoms with Crippen LogP contribution in [0.4, 0.5) is 0 Å². The van der Waals surface area contributed by atoms with Crippen LogP contribution in [-0.4, -0.2) is 79.0 Å². The van der Waals surface area contributed by atoms with Gasteiger partial charge in [-0.25, -0.2) is 9.97 Å². The zero-order chi connectivity index (χ0) is 55.3. The standard InChI is InChI=1S/C48H24N8.C8H22O4SSi.4CH3Br.CH3.Na.Pt/c1-2-10-26-18-34-33(17-25(26)9-1)41-49-42(34)54-44-37-21-29-13-5-6-14-30(29)22-38(37)46(51-44)56-48-40-24-32-16-8-7-15-31(32)23-39(40)47(52-48)55-45-36-20-28-12-4-3-11-27(28)19-35(36)43(50-45)53-41;1-3-4-5-6-7-8-13(2,14-10)12-11-9;4*1-2;;;/h1-24H;9-10H,3-8,14H2,1-2H3;4*1H3;1H3;;/q-2;;;;;;-1;+1;/p-1. The largest absolute Gasteiger partial charge is 1.00 e. The number of nitrogens with zero attached hydrogens (tertiary/aromatic N) is 8. The summed E-state index contributed by atoms with van der Waals surface area (Å²) in [5.41, 5.74) is 5.67. The van der Waals surface area contributed by atoms with Crippen molar-refractivity contribution in [2.24, 2.45) is 0 Å². The van der Waals surface area contributed by atoms with Crippen molar-refractivity contribution in [3.05, 3.63) is 153 Å². The first-order valence-corrected chi connectivity index (χ1v) is 36.0. The summed E-state index contributed by atoms with van der Waals surface area (Å²) in [6.07, 6.45) is 7.67. The first-order valence-electron chi connectivity index (χ1n) is 25.0. The molecule has 0 saturated heterocycles. The van der Waals surface area contributed by atoms with Crippen LogP contribution >= 0.6 is 73.5 Å². The van der Waals surface area contributed by atoms with Crippen molar-refractivity contribution >= 4 is 170 Å². The maximum Gasteiger partial charge on any atom is 1.00 e. The van der Waals surface area contributed by atoms with Crippen LogP contribution in [0.25, 0.3) is 133 Å². The van der Waals surface area contributed by atoms with E-state index in [1.165, 1.54) is 19.3 Å².